The van der Waals surface area contributed by atoms with Gasteiger partial charge in [-0.25, -0.2) is 4.39 Å². The molecule has 1 aromatic rings. The van der Waals surface area contributed by atoms with Crippen LogP contribution in [0.2, 0.25) is 0 Å². The lowest BCUT2D eigenvalue weighted by atomic mass is 10.2. The molecule has 0 aliphatic heterocycles. The molecule has 0 fully saturated rings. The number of hydrogen-bond acceptors (Lipinski definition) is 4. The number of esters is 1. The standard InChI is InChI=1S/C12H17FN2O2/c1-3-17-12(16)6-7-15(2)9-4-5-11(14)10(13)8-9/h4-5,8H,3,6-7,14H2,1-2H3. The summed E-state index contributed by atoms with van der Waals surface area (Å²) in [6, 6.07) is 4.57. The minimum atomic E-state index is -0.453. The van der Waals surface area contributed by atoms with Crippen LogP contribution in [0.15, 0.2) is 18.2 Å². The smallest absolute Gasteiger partial charge is 0.307 e. The van der Waals surface area contributed by atoms with Gasteiger partial charge in [-0.15, -0.1) is 0 Å². The number of ether oxygens (including phenoxy) is 1. The van der Waals surface area contributed by atoms with E-state index in [1.807, 2.05) is 0 Å². The monoisotopic (exact) mass is 240 g/mol. The van der Waals surface area contributed by atoms with E-state index < -0.39 is 5.82 Å². The molecule has 0 bridgehead atoms. The van der Waals surface area contributed by atoms with Gasteiger partial charge in [-0.2, -0.15) is 0 Å². The van der Waals surface area contributed by atoms with Crippen molar-refractivity contribution in [1.29, 1.82) is 0 Å². The summed E-state index contributed by atoms with van der Waals surface area (Å²) in [6.45, 7) is 2.61. The average Bonchev–Trinajstić information content (AvgIpc) is 2.30. The molecular weight excluding hydrogens is 223 g/mol. The molecule has 0 aliphatic rings. The predicted octanol–water partition coefficient (Wildman–Crippen LogP) is 1.80. The second-order valence-corrected chi connectivity index (χ2v) is 3.68. The fourth-order valence-electron chi connectivity index (χ4n) is 1.37. The van der Waals surface area contributed by atoms with Gasteiger partial charge < -0.3 is 15.4 Å². The Labute approximate surface area is 100 Å². The fraction of sp³-hybridized carbons (Fsp3) is 0.417. The molecule has 0 spiro atoms. The van der Waals surface area contributed by atoms with Gasteiger partial charge in [-0.3, -0.25) is 4.79 Å². The van der Waals surface area contributed by atoms with Crippen LogP contribution in [0.25, 0.3) is 0 Å². The number of benzene rings is 1. The zero-order valence-corrected chi connectivity index (χ0v) is 10.1. The first-order valence-corrected chi connectivity index (χ1v) is 5.46. The third kappa shape index (κ3) is 3.94. The highest BCUT2D eigenvalue weighted by atomic mass is 19.1. The molecule has 0 aromatic heterocycles. The average molecular weight is 240 g/mol. The number of carbonyl (C=O) groups is 1. The minimum absolute atomic E-state index is 0.118. The van der Waals surface area contributed by atoms with E-state index in [2.05, 4.69) is 0 Å². The SMILES string of the molecule is CCOC(=O)CCN(C)c1ccc(N)c(F)c1. The molecule has 1 aromatic carbocycles. The highest BCUT2D eigenvalue weighted by Crippen LogP contribution is 2.19. The van der Waals surface area contributed by atoms with E-state index in [-0.39, 0.29) is 18.1 Å². The molecule has 0 amide bonds. The van der Waals surface area contributed by atoms with E-state index in [1.165, 1.54) is 12.1 Å². The van der Waals surface area contributed by atoms with Crippen molar-refractivity contribution in [3.05, 3.63) is 24.0 Å². The number of hydrogen-bond donors (Lipinski definition) is 1. The molecule has 17 heavy (non-hydrogen) atoms. The van der Waals surface area contributed by atoms with Crippen molar-refractivity contribution in [2.24, 2.45) is 0 Å². The lowest BCUT2D eigenvalue weighted by Crippen LogP contribution is -2.22. The van der Waals surface area contributed by atoms with Gasteiger partial charge >= 0.3 is 5.97 Å². The van der Waals surface area contributed by atoms with Gasteiger partial charge in [0.1, 0.15) is 5.82 Å². The number of halogens is 1. The molecule has 0 atom stereocenters. The van der Waals surface area contributed by atoms with Crippen LogP contribution < -0.4 is 10.6 Å². The molecule has 0 radical (unpaired) electrons. The zero-order chi connectivity index (χ0) is 12.8. The van der Waals surface area contributed by atoms with E-state index in [9.17, 15) is 9.18 Å². The Kier molecular flexibility index (Phi) is 4.75. The van der Waals surface area contributed by atoms with E-state index >= 15 is 0 Å². The molecule has 5 heteroatoms. The normalized spacial score (nSPS) is 10.1. The molecule has 0 unspecified atom stereocenters. The molecule has 2 N–H and O–H groups in total. The lowest BCUT2D eigenvalue weighted by Gasteiger charge is -2.19. The highest BCUT2D eigenvalue weighted by molar-refractivity contribution is 5.70. The summed E-state index contributed by atoms with van der Waals surface area (Å²) in [4.78, 5) is 12.9. The van der Waals surface area contributed by atoms with Crippen molar-refractivity contribution >= 4 is 17.3 Å². The topological polar surface area (TPSA) is 55.6 Å². The molecule has 94 valence electrons. The molecular formula is C12H17FN2O2. The summed E-state index contributed by atoms with van der Waals surface area (Å²) in [5, 5.41) is 0. The number of rotatable bonds is 5. The van der Waals surface area contributed by atoms with Gasteiger partial charge in [0.25, 0.3) is 0 Å². The Bertz CT molecular complexity index is 396. The van der Waals surface area contributed by atoms with Gasteiger partial charge in [0, 0.05) is 19.3 Å². The Morgan fingerprint density at radius 3 is 2.82 bits per heavy atom. The Balaban J connectivity index is 2.54. The Morgan fingerprint density at radius 1 is 1.53 bits per heavy atom. The van der Waals surface area contributed by atoms with Crippen molar-refractivity contribution < 1.29 is 13.9 Å². The molecule has 4 nitrogen and oxygen atoms in total. The lowest BCUT2D eigenvalue weighted by molar-refractivity contribution is -0.142. The molecule has 0 saturated carbocycles. The molecule has 0 heterocycles. The van der Waals surface area contributed by atoms with Crippen molar-refractivity contribution in [3.63, 3.8) is 0 Å². The van der Waals surface area contributed by atoms with Crippen LogP contribution in [0.1, 0.15) is 13.3 Å². The summed E-state index contributed by atoms with van der Waals surface area (Å²) in [5.41, 5.74) is 6.18. The van der Waals surface area contributed by atoms with E-state index in [4.69, 9.17) is 10.5 Å². The number of nitrogens with zero attached hydrogens (tertiary/aromatic N) is 1. The van der Waals surface area contributed by atoms with Gasteiger partial charge in [-0.05, 0) is 25.1 Å². The van der Waals surface area contributed by atoms with E-state index in [0.29, 0.717) is 18.8 Å². The quantitative estimate of drug-likeness (QED) is 0.630. The number of nitrogen functional groups attached to an aromatic ring is 1. The van der Waals surface area contributed by atoms with Crippen molar-refractivity contribution in [1.82, 2.24) is 0 Å². The van der Waals surface area contributed by atoms with Crippen molar-refractivity contribution in [3.8, 4) is 0 Å². The van der Waals surface area contributed by atoms with Crippen molar-refractivity contribution in [2.45, 2.75) is 13.3 Å². The summed E-state index contributed by atoms with van der Waals surface area (Å²) in [7, 11) is 1.78. The third-order valence-electron chi connectivity index (χ3n) is 2.38. The summed E-state index contributed by atoms with van der Waals surface area (Å²) in [5.74, 6) is -0.708. The minimum Gasteiger partial charge on any atom is -0.466 e. The number of nitrogens with two attached hydrogens (primary N) is 1. The molecule has 1 rings (SSSR count). The fourth-order valence-corrected chi connectivity index (χ4v) is 1.37. The van der Waals surface area contributed by atoms with Crippen LogP contribution in [0.4, 0.5) is 15.8 Å². The first kappa shape index (κ1) is 13.3. The maximum Gasteiger partial charge on any atom is 0.307 e. The van der Waals surface area contributed by atoms with Crippen molar-refractivity contribution in [2.75, 3.05) is 30.8 Å². The van der Waals surface area contributed by atoms with Crippen LogP contribution in [0.5, 0.6) is 0 Å². The molecule has 0 saturated heterocycles. The van der Waals surface area contributed by atoms with Gasteiger partial charge in [0.15, 0.2) is 0 Å². The third-order valence-corrected chi connectivity index (χ3v) is 2.38. The highest BCUT2D eigenvalue weighted by Gasteiger charge is 2.07. The largest absolute Gasteiger partial charge is 0.466 e. The number of carbonyl (C=O) groups excluding carboxylic acids is 1. The van der Waals surface area contributed by atoms with Crippen LogP contribution >= 0.6 is 0 Å². The Morgan fingerprint density at radius 2 is 2.24 bits per heavy atom. The second-order valence-electron chi connectivity index (χ2n) is 3.68. The molecule has 0 aliphatic carbocycles. The summed E-state index contributed by atoms with van der Waals surface area (Å²) < 4.78 is 18.0. The van der Waals surface area contributed by atoms with Gasteiger partial charge in [0.2, 0.25) is 0 Å². The van der Waals surface area contributed by atoms with E-state index in [0.717, 1.165) is 0 Å². The van der Waals surface area contributed by atoms with Gasteiger partial charge in [0.05, 0.1) is 18.7 Å². The first-order chi connectivity index (χ1) is 8.04. The maximum atomic E-state index is 13.2. The maximum absolute atomic E-state index is 13.2. The summed E-state index contributed by atoms with van der Waals surface area (Å²) >= 11 is 0. The Hall–Kier alpha value is -1.78. The van der Waals surface area contributed by atoms with Crippen LogP contribution in [0, 0.1) is 5.82 Å². The summed E-state index contributed by atoms with van der Waals surface area (Å²) in [6.07, 6.45) is 0.274. The van der Waals surface area contributed by atoms with Crippen LogP contribution in [-0.4, -0.2) is 26.2 Å². The first-order valence-electron chi connectivity index (χ1n) is 5.46. The second kappa shape index (κ2) is 6.08. The van der Waals surface area contributed by atoms with Crippen LogP contribution in [0.3, 0.4) is 0 Å². The van der Waals surface area contributed by atoms with Gasteiger partial charge in [-0.1, -0.05) is 0 Å². The van der Waals surface area contributed by atoms with E-state index in [1.54, 1.807) is 24.9 Å². The number of anilines is 2. The van der Waals surface area contributed by atoms with Crippen LogP contribution in [-0.2, 0) is 9.53 Å². The predicted molar refractivity (Wildman–Crippen MR) is 65.3 cm³/mol. The zero-order valence-electron chi connectivity index (χ0n) is 10.1.